The summed E-state index contributed by atoms with van der Waals surface area (Å²) in [6.45, 7) is 5.71. The van der Waals surface area contributed by atoms with Crippen molar-refractivity contribution in [2.45, 2.75) is 33.6 Å². The zero-order valence-corrected chi connectivity index (χ0v) is 17.7. The molecule has 1 aliphatic heterocycles. The van der Waals surface area contributed by atoms with E-state index in [0.29, 0.717) is 18.0 Å². The Labute approximate surface area is 180 Å². The third kappa shape index (κ3) is 4.53. The van der Waals surface area contributed by atoms with Crippen molar-refractivity contribution in [1.82, 2.24) is 15.1 Å². The van der Waals surface area contributed by atoms with Gasteiger partial charge in [-0.1, -0.05) is 53.2 Å². The van der Waals surface area contributed by atoms with E-state index >= 15 is 0 Å². The Morgan fingerprint density at radius 1 is 1.10 bits per heavy atom. The van der Waals surface area contributed by atoms with Gasteiger partial charge in [-0.05, 0) is 31.9 Å². The molecule has 0 fully saturated rings. The monoisotopic (exact) mass is 417 g/mol. The van der Waals surface area contributed by atoms with Crippen LogP contribution in [-0.4, -0.2) is 39.2 Å². The van der Waals surface area contributed by atoms with Gasteiger partial charge in [-0.15, -0.1) is 0 Å². The third-order valence-corrected chi connectivity index (χ3v) is 5.04. The van der Waals surface area contributed by atoms with Gasteiger partial charge in [-0.3, -0.25) is 9.59 Å². The number of carbonyl (C=O) groups excluding carboxylic acids is 2. The summed E-state index contributed by atoms with van der Waals surface area (Å²) in [6, 6.07) is 13.5. The lowest BCUT2D eigenvalue weighted by Crippen LogP contribution is -2.38. The second-order valence-electron chi connectivity index (χ2n) is 7.61. The van der Waals surface area contributed by atoms with Crippen molar-refractivity contribution < 1.29 is 14.1 Å². The standard InChI is InChI=1S/C23H23N5O3/c1-14-11-15(2)21(16(3)12-14)24-19(29)13-28-20(30)10-9-18(26-28)23-25-22(27-31-23)17-7-5-4-6-8-17/h4-8,11-12H,9-10,13H2,1-3H3,(H,24,29). The van der Waals surface area contributed by atoms with Crippen LogP contribution in [0.5, 0.6) is 0 Å². The number of nitrogens with zero attached hydrogens (tertiary/aromatic N) is 4. The minimum absolute atomic E-state index is 0.186. The van der Waals surface area contributed by atoms with Gasteiger partial charge in [-0.2, -0.15) is 10.1 Å². The molecular formula is C23H23N5O3. The molecule has 1 N–H and O–H groups in total. The number of hydrogen-bond acceptors (Lipinski definition) is 6. The molecule has 0 bridgehead atoms. The molecule has 8 heteroatoms. The minimum Gasteiger partial charge on any atom is -0.332 e. The average Bonchev–Trinajstić information content (AvgIpc) is 3.23. The predicted octanol–water partition coefficient (Wildman–Crippen LogP) is 3.63. The lowest BCUT2D eigenvalue weighted by atomic mass is 10.1. The second-order valence-corrected chi connectivity index (χ2v) is 7.61. The molecule has 1 aliphatic rings. The summed E-state index contributed by atoms with van der Waals surface area (Å²) in [6.07, 6.45) is 0.599. The molecule has 2 heterocycles. The maximum Gasteiger partial charge on any atom is 0.274 e. The van der Waals surface area contributed by atoms with Crippen molar-refractivity contribution in [3.8, 4) is 11.4 Å². The number of hydrogen-bond donors (Lipinski definition) is 1. The molecule has 0 saturated heterocycles. The first kappa shape index (κ1) is 20.5. The largest absolute Gasteiger partial charge is 0.332 e. The van der Waals surface area contributed by atoms with E-state index in [-0.39, 0.29) is 30.7 Å². The van der Waals surface area contributed by atoms with Crippen molar-refractivity contribution in [2.75, 3.05) is 11.9 Å². The molecule has 0 atom stereocenters. The summed E-state index contributed by atoms with van der Waals surface area (Å²) in [4.78, 5) is 29.4. The van der Waals surface area contributed by atoms with Gasteiger partial charge in [0, 0.05) is 24.1 Å². The lowest BCUT2D eigenvalue weighted by Gasteiger charge is -2.22. The Morgan fingerprint density at radius 3 is 2.52 bits per heavy atom. The molecule has 0 radical (unpaired) electrons. The van der Waals surface area contributed by atoms with E-state index in [0.717, 1.165) is 27.9 Å². The van der Waals surface area contributed by atoms with E-state index in [4.69, 9.17) is 4.52 Å². The highest BCUT2D eigenvalue weighted by Gasteiger charge is 2.26. The SMILES string of the molecule is Cc1cc(C)c(NC(=O)CN2N=C(c3nc(-c4ccccc4)no3)CCC2=O)c(C)c1. The van der Waals surface area contributed by atoms with Crippen LogP contribution in [-0.2, 0) is 9.59 Å². The van der Waals surface area contributed by atoms with Crippen LogP contribution >= 0.6 is 0 Å². The number of nitrogens with one attached hydrogen (secondary N) is 1. The molecule has 0 unspecified atom stereocenters. The van der Waals surface area contributed by atoms with Gasteiger partial charge in [0.05, 0.1) is 0 Å². The Hall–Kier alpha value is -3.81. The van der Waals surface area contributed by atoms with Crippen LogP contribution in [0.1, 0.15) is 35.4 Å². The Balaban J connectivity index is 1.50. The van der Waals surface area contributed by atoms with E-state index in [1.54, 1.807) is 0 Å². The number of aryl methyl sites for hydroxylation is 3. The topological polar surface area (TPSA) is 101 Å². The highest BCUT2D eigenvalue weighted by Crippen LogP contribution is 2.22. The quantitative estimate of drug-likeness (QED) is 0.683. The molecule has 3 aromatic rings. The number of amides is 2. The van der Waals surface area contributed by atoms with E-state index in [1.165, 1.54) is 5.01 Å². The summed E-state index contributed by atoms with van der Waals surface area (Å²) in [5.74, 6) is 0.162. The molecule has 0 saturated carbocycles. The van der Waals surface area contributed by atoms with E-state index < -0.39 is 0 Å². The van der Waals surface area contributed by atoms with Crippen molar-refractivity contribution in [1.29, 1.82) is 0 Å². The third-order valence-electron chi connectivity index (χ3n) is 5.04. The molecule has 158 valence electrons. The maximum atomic E-state index is 12.6. The fraction of sp³-hybridized carbons (Fsp3) is 0.261. The second kappa shape index (κ2) is 8.51. The molecule has 8 nitrogen and oxygen atoms in total. The average molecular weight is 417 g/mol. The fourth-order valence-electron chi connectivity index (χ4n) is 3.62. The number of anilines is 1. The van der Waals surface area contributed by atoms with Gasteiger partial charge in [0.25, 0.3) is 5.89 Å². The number of hydrazone groups is 1. The van der Waals surface area contributed by atoms with Crippen LogP contribution in [0.2, 0.25) is 0 Å². The summed E-state index contributed by atoms with van der Waals surface area (Å²) < 4.78 is 5.35. The first-order valence-corrected chi connectivity index (χ1v) is 10.1. The van der Waals surface area contributed by atoms with Gasteiger partial charge in [0.1, 0.15) is 12.3 Å². The van der Waals surface area contributed by atoms with Crippen molar-refractivity contribution >= 4 is 23.2 Å². The van der Waals surface area contributed by atoms with Gasteiger partial charge in [0.2, 0.25) is 17.6 Å². The fourth-order valence-corrected chi connectivity index (χ4v) is 3.62. The van der Waals surface area contributed by atoms with Crippen LogP contribution < -0.4 is 5.32 Å². The minimum atomic E-state index is -0.316. The van der Waals surface area contributed by atoms with E-state index in [2.05, 4.69) is 20.6 Å². The molecule has 31 heavy (non-hydrogen) atoms. The first-order valence-electron chi connectivity index (χ1n) is 10.1. The van der Waals surface area contributed by atoms with Gasteiger partial charge >= 0.3 is 0 Å². The molecule has 2 aromatic carbocycles. The molecular weight excluding hydrogens is 394 g/mol. The van der Waals surface area contributed by atoms with Crippen molar-refractivity contribution in [3.63, 3.8) is 0 Å². The van der Waals surface area contributed by atoms with Crippen LogP contribution in [0.25, 0.3) is 11.4 Å². The molecule has 0 aliphatic carbocycles. The number of rotatable bonds is 5. The van der Waals surface area contributed by atoms with Gasteiger partial charge in [0.15, 0.2) is 0 Å². The summed E-state index contributed by atoms with van der Waals surface area (Å²) in [5, 5.41) is 12.4. The number of carbonyl (C=O) groups is 2. The summed E-state index contributed by atoms with van der Waals surface area (Å²) >= 11 is 0. The Kier molecular flexibility index (Phi) is 5.62. The van der Waals surface area contributed by atoms with Gasteiger partial charge in [-0.25, -0.2) is 5.01 Å². The smallest absolute Gasteiger partial charge is 0.274 e. The summed E-state index contributed by atoms with van der Waals surface area (Å²) in [7, 11) is 0. The van der Waals surface area contributed by atoms with E-state index in [9.17, 15) is 9.59 Å². The summed E-state index contributed by atoms with van der Waals surface area (Å²) in [5.41, 5.74) is 5.14. The van der Waals surface area contributed by atoms with Crippen LogP contribution in [0, 0.1) is 20.8 Å². The predicted molar refractivity (Wildman–Crippen MR) is 117 cm³/mol. The van der Waals surface area contributed by atoms with Crippen LogP contribution in [0.4, 0.5) is 5.69 Å². The van der Waals surface area contributed by atoms with Crippen LogP contribution in [0.3, 0.4) is 0 Å². The molecule has 0 spiro atoms. The Morgan fingerprint density at radius 2 is 1.81 bits per heavy atom. The number of benzene rings is 2. The molecule has 1 aromatic heterocycles. The number of aromatic nitrogens is 2. The van der Waals surface area contributed by atoms with Crippen LogP contribution in [0.15, 0.2) is 52.1 Å². The van der Waals surface area contributed by atoms with E-state index in [1.807, 2.05) is 63.2 Å². The lowest BCUT2D eigenvalue weighted by molar-refractivity contribution is -0.135. The normalized spacial score (nSPS) is 13.8. The Bertz CT molecular complexity index is 1140. The van der Waals surface area contributed by atoms with Crippen molar-refractivity contribution in [2.24, 2.45) is 5.10 Å². The zero-order chi connectivity index (χ0) is 22.0. The highest BCUT2D eigenvalue weighted by molar-refractivity contribution is 6.02. The van der Waals surface area contributed by atoms with Gasteiger partial charge < -0.3 is 9.84 Å². The first-order chi connectivity index (χ1) is 14.9. The zero-order valence-electron chi connectivity index (χ0n) is 17.7. The molecule has 2 amide bonds. The van der Waals surface area contributed by atoms with Crippen molar-refractivity contribution in [3.05, 3.63) is 65.0 Å². The maximum absolute atomic E-state index is 12.6. The highest BCUT2D eigenvalue weighted by atomic mass is 16.5. The molecule has 4 rings (SSSR count).